The standard InChI is InChI=1S/C17H15ClO3/c1-20-14-7-9-17(21-2)15(11-14)16(19)8-6-12-4-3-5-13(18)10-12/h3-11H,1-2H3. The van der Waals surface area contributed by atoms with Crippen molar-refractivity contribution in [3.05, 3.63) is 64.7 Å². The van der Waals surface area contributed by atoms with Crippen molar-refractivity contribution >= 4 is 23.5 Å². The number of allylic oxidation sites excluding steroid dienone is 1. The summed E-state index contributed by atoms with van der Waals surface area (Å²) in [6, 6.07) is 12.4. The molecule has 0 aliphatic rings. The highest BCUT2D eigenvalue weighted by atomic mass is 35.5. The highest BCUT2D eigenvalue weighted by molar-refractivity contribution is 6.30. The smallest absolute Gasteiger partial charge is 0.189 e. The molecule has 0 fully saturated rings. The van der Waals surface area contributed by atoms with Gasteiger partial charge in [-0.05, 0) is 42.0 Å². The van der Waals surface area contributed by atoms with E-state index in [0.29, 0.717) is 22.1 Å². The Morgan fingerprint density at radius 3 is 2.57 bits per heavy atom. The van der Waals surface area contributed by atoms with Crippen LogP contribution in [-0.4, -0.2) is 20.0 Å². The summed E-state index contributed by atoms with van der Waals surface area (Å²) in [5, 5.41) is 0.628. The molecule has 0 unspecified atom stereocenters. The molecule has 0 radical (unpaired) electrons. The Kier molecular flexibility index (Phi) is 5.01. The summed E-state index contributed by atoms with van der Waals surface area (Å²) < 4.78 is 10.3. The summed E-state index contributed by atoms with van der Waals surface area (Å²) in [7, 11) is 3.08. The van der Waals surface area contributed by atoms with Gasteiger partial charge in [-0.1, -0.05) is 29.8 Å². The predicted octanol–water partition coefficient (Wildman–Crippen LogP) is 4.25. The quantitative estimate of drug-likeness (QED) is 0.612. The van der Waals surface area contributed by atoms with Gasteiger partial charge in [0, 0.05) is 5.02 Å². The highest BCUT2D eigenvalue weighted by Crippen LogP contribution is 2.25. The molecular weight excluding hydrogens is 288 g/mol. The van der Waals surface area contributed by atoms with Crippen LogP contribution in [0.2, 0.25) is 5.02 Å². The van der Waals surface area contributed by atoms with Crippen molar-refractivity contribution in [3.8, 4) is 11.5 Å². The second-order valence-corrected chi connectivity index (χ2v) is 4.76. The summed E-state index contributed by atoms with van der Waals surface area (Å²) >= 11 is 5.91. The maximum atomic E-state index is 12.3. The van der Waals surface area contributed by atoms with Gasteiger partial charge >= 0.3 is 0 Å². The summed E-state index contributed by atoms with van der Waals surface area (Å²) in [6.45, 7) is 0. The Morgan fingerprint density at radius 1 is 1.10 bits per heavy atom. The maximum Gasteiger partial charge on any atom is 0.189 e. The summed E-state index contributed by atoms with van der Waals surface area (Å²) in [6.07, 6.45) is 3.20. The van der Waals surface area contributed by atoms with Crippen LogP contribution in [0.1, 0.15) is 15.9 Å². The molecule has 3 nitrogen and oxygen atoms in total. The number of ether oxygens (including phenoxy) is 2. The number of benzene rings is 2. The van der Waals surface area contributed by atoms with E-state index in [9.17, 15) is 4.79 Å². The first-order chi connectivity index (χ1) is 10.1. The van der Waals surface area contributed by atoms with Gasteiger partial charge in [-0.3, -0.25) is 4.79 Å². The number of methoxy groups -OCH3 is 2. The van der Waals surface area contributed by atoms with Crippen molar-refractivity contribution < 1.29 is 14.3 Å². The van der Waals surface area contributed by atoms with Crippen LogP contribution in [-0.2, 0) is 0 Å². The van der Waals surface area contributed by atoms with E-state index in [0.717, 1.165) is 5.56 Å². The molecule has 2 rings (SSSR count). The third kappa shape index (κ3) is 3.86. The van der Waals surface area contributed by atoms with E-state index in [1.54, 1.807) is 43.5 Å². The summed E-state index contributed by atoms with van der Waals surface area (Å²) in [5.74, 6) is 0.956. The number of carbonyl (C=O) groups excluding carboxylic acids is 1. The Morgan fingerprint density at radius 2 is 1.90 bits per heavy atom. The normalized spacial score (nSPS) is 10.6. The summed E-state index contributed by atoms with van der Waals surface area (Å²) in [5.41, 5.74) is 1.31. The van der Waals surface area contributed by atoms with E-state index in [1.165, 1.54) is 13.2 Å². The number of carbonyl (C=O) groups is 1. The molecule has 0 saturated heterocycles. The first-order valence-corrected chi connectivity index (χ1v) is 6.72. The number of hydrogen-bond donors (Lipinski definition) is 0. The number of ketones is 1. The Balaban J connectivity index is 2.27. The monoisotopic (exact) mass is 302 g/mol. The minimum Gasteiger partial charge on any atom is -0.497 e. The molecule has 108 valence electrons. The van der Waals surface area contributed by atoms with E-state index >= 15 is 0 Å². The van der Waals surface area contributed by atoms with Crippen LogP contribution in [0.4, 0.5) is 0 Å². The van der Waals surface area contributed by atoms with Gasteiger partial charge in [-0.2, -0.15) is 0 Å². The van der Waals surface area contributed by atoms with Crippen molar-refractivity contribution in [2.24, 2.45) is 0 Å². The van der Waals surface area contributed by atoms with Gasteiger partial charge in [0.15, 0.2) is 5.78 Å². The fraction of sp³-hybridized carbons (Fsp3) is 0.118. The fourth-order valence-electron chi connectivity index (χ4n) is 1.88. The van der Waals surface area contributed by atoms with Crippen molar-refractivity contribution in [1.29, 1.82) is 0 Å². The molecule has 0 spiro atoms. The van der Waals surface area contributed by atoms with E-state index in [-0.39, 0.29) is 5.78 Å². The van der Waals surface area contributed by atoms with E-state index in [2.05, 4.69) is 0 Å². The van der Waals surface area contributed by atoms with Crippen molar-refractivity contribution in [2.75, 3.05) is 14.2 Å². The molecule has 0 N–H and O–H groups in total. The number of halogens is 1. The van der Waals surface area contributed by atoms with Crippen molar-refractivity contribution in [1.82, 2.24) is 0 Å². The lowest BCUT2D eigenvalue weighted by atomic mass is 10.1. The average Bonchev–Trinajstić information content (AvgIpc) is 2.52. The van der Waals surface area contributed by atoms with Gasteiger partial charge in [0.25, 0.3) is 0 Å². The fourth-order valence-corrected chi connectivity index (χ4v) is 2.08. The zero-order valence-electron chi connectivity index (χ0n) is 11.8. The van der Waals surface area contributed by atoms with Crippen LogP contribution in [0, 0.1) is 0 Å². The number of hydrogen-bond acceptors (Lipinski definition) is 3. The SMILES string of the molecule is COc1ccc(OC)c(C(=O)C=Cc2cccc(Cl)c2)c1. The number of rotatable bonds is 5. The third-order valence-corrected chi connectivity index (χ3v) is 3.18. The van der Waals surface area contributed by atoms with E-state index in [4.69, 9.17) is 21.1 Å². The van der Waals surface area contributed by atoms with Gasteiger partial charge in [0.1, 0.15) is 11.5 Å². The van der Waals surface area contributed by atoms with Crippen LogP contribution < -0.4 is 9.47 Å². The molecule has 0 amide bonds. The zero-order valence-corrected chi connectivity index (χ0v) is 12.6. The maximum absolute atomic E-state index is 12.3. The molecule has 4 heteroatoms. The van der Waals surface area contributed by atoms with Crippen LogP contribution in [0.5, 0.6) is 11.5 Å². The van der Waals surface area contributed by atoms with Gasteiger partial charge < -0.3 is 9.47 Å². The lowest BCUT2D eigenvalue weighted by molar-refractivity contribution is 0.104. The Bertz CT molecular complexity index is 677. The first kappa shape index (κ1) is 15.1. The Labute approximate surface area is 128 Å². The molecule has 21 heavy (non-hydrogen) atoms. The van der Waals surface area contributed by atoms with Crippen LogP contribution in [0.15, 0.2) is 48.5 Å². The van der Waals surface area contributed by atoms with Crippen LogP contribution in [0.3, 0.4) is 0 Å². The molecule has 0 bridgehead atoms. The molecular formula is C17H15ClO3. The zero-order chi connectivity index (χ0) is 15.2. The van der Waals surface area contributed by atoms with Gasteiger partial charge in [-0.15, -0.1) is 0 Å². The average molecular weight is 303 g/mol. The van der Waals surface area contributed by atoms with Crippen LogP contribution in [0.25, 0.3) is 6.08 Å². The topological polar surface area (TPSA) is 35.5 Å². The van der Waals surface area contributed by atoms with Gasteiger partial charge in [-0.25, -0.2) is 0 Å². The molecule has 2 aromatic carbocycles. The molecule has 0 aliphatic heterocycles. The second-order valence-electron chi connectivity index (χ2n) is 4.32. The molecule has 0 aromatic heterocycles. The van der Waals surface area contributed by atoms with E-state index < -0.39 is 0 Å². The second kappa shape index (κ2) is 6.95. The van der Waals surface area contributed by atoms with Gasteiger partial charge in [0.2, 0.25) is 0 Å². The molecule has 0 atom stereocenters. The lowest BCUT2D eigenvalue weighted by Crippen LogP contribution is -1.99. The van der Waals surface area contributed by atoms with Crippen LogP contribution >= 0.6 is 11.6 Å². The van der Waals surface area contributed by atoms with Crippen molar-refractivity contribution in [3.63, 3.8) is 0 Å². The molecule has 0 aliphatic carbocycles. The molecule has 2 aromatic rings. The Hall–Kier alpha value is -2.26. The lowest BCUT2D eigenvalue weighted by Gasteiger charge is -2.07. The largest absolute Gasteiger partial charge is 0.497 e. The van der Waals surface area contributed by atoms with Crippen molar-refractivity contribution in [2.45, 2.75) is 0 Å². The molecule has 0 heterocycles. The first-order valence-electron chi connectivity index (χ1n) is 6.34. The minimum atomic E-state index is -0.161. The minimum absolute atomic E-state index is 0.161. The molecule has 0 saturated carbocycles. The predicted molar refractivity (Wildman–Crippen MR) is 84.4 cm³/mol. The third-order valence-electron chi connectivity index (χ3n) is 2.95. The summed E-state index contributed by atoms with van der Waals surface area (Å²) in [4.78, 5) is 12.3. The van der Waals surface area contributed by atoms with Gasteiger partial charge in [0.05, 0.1) is 19.8 Å². The van der Waals surface area contributed by atoms with E-state index in [1.807, 2.05) is 12.1 Å². The highest BCUT2D eigenvalue weighted by Gasteiger charge is 2.11.